The molecule has 32 heavy (non-hydrogen) atoms. The fourth-order valence-corrected chi connectivity index (χ4v) is 4.00. The maximum absolute atomic E-state index is 13.4. The molecule has 0 radical (unpaired) electrons. The van der Waals surface area contributed by atoms with Gasteiger partial charge < -0.3 is 0 Å². The number of nitrogens with zero attached hydrogens (tertiary/aromatic N) is 1. The largest absolute Gasteiger partial charge is 0.483 e. The topological polar surface area (TPSA) is 37.4 Å². The lowest BCUT2D eigenvalue weighted by Crippen LogP contribution is -2.29. The van der Waals surface area contributed by atoms with Crippen LogP contribution in [0.15, 0.2) is 96.6 Å². The Hall–Kier alpha value is -3.31. The van der Waals surface area contributed by atoms with Crippen LogP contribution in [0.3, 0.4) is 0 Å². The van der Waals surface area contributed by atoms with Crippen LogP contribution in [0.5, 0.6) is 0 Å². The Bertz CT molecular complexity index is 1100. The molecule has 0 unspecified atom stereocenters. The average molecular weight is 454 g/mol. The van der Waals surface area contributed by atoms with Crippen molar-refractivity contribution < 1.29 is 18.4 Å². The molecule has 3 nitrogen and oxygen atoms in total. The summed E-state index contributed by atoms with van der Waals surface area (Å²) >= 11 is 6.23. The van der Waals surface area contributed by atoms with Gasteiger partial charge in [-0.2, -0.15) is 0 Å². The van der Waals surface area contributed by atoms with Gasteiger partial charge in [-0.05, 0) is 53.8 Å². The van der Waals surface area contributed by atoms with Gasteiger partial charge in [-0.25, -0.2) is 4.79 Å². The molecule has 0 N–H and O–H groups in total. The predicted octanol–water partition coefficient (Wildman–Crippen LogP) is 7.59. The van der Waals surface area contributed by atoms with Gasteiger partial charge in [-0.1, -0.05) is 79.2 Å². The molecule has 0 aliphatic carbocycles. The lowest BCUT2D eigenvalue weighted by Gasteiger charge is -2.25. The van der Waals surface area contributed by atoms with Crippen molar-refractivity contribution >= 4 is 29.5 Å². The van der Waals surface area contributed by atoms with Crippen LogP contribution in [0.2, 0.25) is 5.02 Å². The maximum atomic E-state index is 13.4. The van der Waals surface area contributed by atoms with Crippen molar-refractivity contribution in [2.75, 3.05) is 4.90 Å². The first-order chi connectivity index (χ1) is 15.4. The second-order valence-corrected chi connectivity index (χ2v) is 7.88. The lowest BCUT2D eigenvalue weighted by molar-refractivity contribution is -0.115. The van der Waals surface area contributed by atoms with Gasteiger partial charge in [-0.15, -0.1) is 8.78 Å². The molecule has 1 heterocycles. The summed E-state index contributed by atoms with van der Waals surface area (Å²) in [6, 6.07) is 27.8. The molecular weight excluding hydrogens is 432 g/mol. The summed E-state index contributed by atoms with van der Waals surface area (Å²) in [7, 11) is 0. The second kappa shape index (κ2) is 10.8. The molecule has 0 bridgehead atoms. The van der Waals surface area contributed by atoms with Crippen molar-refractivity contribution in [2.24, 2.45) is 0 Å². The number of benzene rings is 3. The van der Waals surface area contributed by atoms with E-state index >= 15 is 0 Å². The van der Waals surface area contributed by atoms with Gasteiger partial charge in [0.15, 0.2) is 0 Å². The Labute approximate surface area is 190 Å². The standard InChI is InChI=1S/C25H22ClNO.CF2O/c1-18(19-9-4-2-5-10-19)15-21-17-24(20-11-8-12-22(26)16-20)27(25(21)28)23-13-6-3-7-14-23;2-1(3)4/h2-14,16-18,24H,15H2,1H3;/t18-,24-;/m0./s1. The van der Waals surface area contributed by atoms with Crippen molar-refractivity contribution in [1.82, 2.24) is 0 Å². The molecule has 4 rings (SSSR count). The zero-order valence-corrected chi connectivity index (χ0v) is 18.2. The number of halogens is 3. The Morgan fingerprint density at radius 1 is 0.969 bits per heavy atom. The first-order valence-corrected chi connectivity index (χ1v) is 10.5. The number of hydrogen-bond acceptors (Lipinski definition) is 2. The molecule has 164 valence electrons. The van der Waals surface area contributed by atoms with Gasteiger partial charge in [0.05, 0.1) is 6.04 Å². The van der Waals surface area contributed by atoms with E-state index in [0.717, 1.165) is 16.8 Å². The zero-order chi connectivity index (χ0) is 23.1. The van der Waals surface area contributed by atoms with Crippen LogP contribution in [0, 0.1) is 0 Å². The van der Waals surface area contributed by atoms with Gasteiger partial charge in [0, 0.05) is 16.3 Å². The molecule has 0 saturated carbocycles. The first-order valence-electron chi connectivity index (χ1n) is 10.1. The highest BCUT2D eigenvalue weighted by molar-refractivity contribution is 6.30. The van der Waals surface area contributed by atoms with Gasteiger partial charge in [0.25, 0.3) is 5.91 Å². The number of rotatable bonds is 5. The molecule has 1 aliphatic heterocycles. The summed E-state index contributed by atoms with van der Waals surface area (Å²) in [5.74, 6) is 0.339. The molecule has 1 aliphatic rings. The minimum absolute atomic E-state index is 0.0685. The summed E-state index contributed by atoms with van der Waals surface area (Å²) in [5, 5.41) is 0.678. The van der Waals surface area contributed by atoms with Crippen molar-refractivity contribution in [2.45, 2.75) is 25.3 Å². The molecular formula is C26H22ClF2NO2. The number of hydrogen-bond donors (Lipinski definition) is 0. The van der Waals surface area contributed by atoms with Crippen LogP contribution in [0.1, 0.15) is 36.4 Å². The van der Waals surface area contributed by atoms with E-state index in [9.17, 15) is 13.6 Å². The van der Waals surface area contributed by atoms with E-state index in [1.54, 1.807) is 0 Å². The molecule has 6 heteroatoms. The van der Waals surface area contributed by atoms with Gasteiger partial charge >= 0.3 is 6.29 Å². The fraction of sp³-hybridized carbons (Fsp3) is 0.154. The predicted molar refractivity (Wildman–Crippen MR) is 123 cm³/mol. The third kappa shape index (κ3) is 5.89. The fourth-order valence-electron chi connectivity index (χ4n) is 3.80. The zero-order valence-electron chi connectivity index (χ0n) is 17.4. The van der Waals surface area contributed by atoms with E-state index in [4.69, 9.17) is 16.4 Å². The molecule has 0 saturated heterocycles. The molecule has 0 aromatic heterocycles. The van der Waals surface area contributed by atoms with E-state index < -0.39 is 6.29 Å². The van der Waals surface area contributed by atoms with E-state index in [1.807, 2.05) is 77.7 Å². The summed E-state index contributed by atoms with van der Waals surface area (Å²) in [5.41, 5.74) is 4.02. The van der Waals surface area contributed by atoms with Crippen molar-refractivity contribution in [3.8, 4) is 0 Å². The lowest BCUT2D eigenvalue weighted by atomic mass is 9.93. The third-order valence-electron chi connectivity index (χ3n) is 5.25. The molecule has 2 atom stereocenters. The van der Waals surface area contributed by atoms with Gasteiger partial charge in [0.2, 0.25) is 0 Å². The van der Waals surface area contributed by atoms with Crippen LogP contribution >= 0.6 is 11.6 Å². The Kier molecular flexibility index (Phi) is 7.90. The van der Waals surface area contributed by atoms with Crippen LogP contribution < -0.4 is 4.90 Å². The highest BCUT2D eigenvalue weighted by atomic mass is 35.5. The van der Waals surface area contributed by atoms with E-state index in [0.29, 0.717) is 11.4 Å². The smallest absolute Gasteiger partial charge is 0.298 e. The highest BCUT2D eigenvalue weighted by Gasteiger charge is 2.34. The Morgan fingerprint density at radius 2 is 1.56 bits per heavy atom. The van der Waals surface area contributed by atoms with Crippen molar-refractivity contribution in [1.29, 1.82) is 0 Å². The Balaban J connectivity index is 0.000000668. The molecule has 3 aromatic carbocycles. The summed E-state index contributed by atoms with van der Waals surface area (Å²) in [6.07, 6.45) is -0.0241. The minimum atomic E-state index is -2.83. The summed E-state index contributed by atoms with van der Waals surface area (Å²) < 4.78 is 19.4. The number of amides is 1. The van der Waals surface area contributed by atoms with E-state index in [2.05, 4.69) is 25.1 Å². The SMILES string of the molecule is C[C@@H](CC1=C[C@@H](c2cccc(Cl)c2)N(c2ccccc2)C1=O)c1ccccc1.O=C(F)F. The van der Waals surface area contributed by atoms with Gasteiger partial charge in [-0.3, -0.25) is 9.69 Å². The number of carbonyl (C=O) groups is 2. The van der Waals surface area contributed by atoms with E-state index in [-0.39, 0.29) is 17.9 Å². The van der Waals surface area contributed by atoms with Crippen LogP contribution in [-0.2, 0) is 4.79 Å². The van der Waals surface area contributed by atoms with Crippen LogP contribution in [0.25, 0.3) is 0 Å². The Morgan fingerprint density at radius 3 is 2.16 bits per heavy atom. The summed E-state index contributed by atoms with van der Waals surface area (Å²) in [4.78, 5) is 23.4. The second-order valence-electron chi connectivity index (χ2n) is 7.44. The monoisotopic (exact) mass is 453 g/mol. The molecule has 1 amide bonds. The summed E-state index contributed by atoms with van der Waals surface area (Å²) in [6.45, 7) is 2.17. The van der Waals surface area contributed by atoms with E-state index in [1.165, 1.54) is 5.56 Å². The molecule has 0 fully saturated rings. The quantitative estimate of drug-likeness (QED) is 0.373. The number of carbonyl (C=O) groups excluding carboxylic acids is 2. The van der Waals surface area contributed by atoms with Crippen molar-refractivity contribution in [3.63, 3.8) is 0 Å². The molecule has 3 aromatic rings. The normalized spacial score (nSPS) is 16.1. The number of para-hydroxylation sites is 1. The maximum Gasteiger partial charge on any atom is 0.483 e. The van der Waals surface area contributed by atoms with Crippen LogP contribution in [0.4, 0.5) is 19.3 Å². The number of anilines is 1. The van der Waals surface area contributed by atoms with Crippen molar-refractivity contribution in [3.05, 3.63) is 113 Å². The molecule has 0 spiro atoms. The average Bonchev–Trinajstić information content (AvgIpc) is 3.10. The first kappa shape index (κ1) is 23.4. The van der Waals surface area contributed by atoms with Crippen LogP contribution in [-0.4, -0.2) is 12.2 Å². The third-order valence-corrected chi connectivity index (χ3v) is 5.49. The van der Waals surface area contributed by atoms with Gasteiger partial charge in [0.1, 0.15) is 0 Å². The minimum Gasteiger partial charge on any atom is -0.298 e. The highest BCUT2D eigenvalue weighted by Crippen LogP contribution is 2.39.